The molecule has 4 rings (SSSR count). The molecule has 1 saturated heterocycles. The Labute approximate surface area is 150 Å². The van der Waals surface area contributed by atoms with Crippen LogP contribution in [-0.2, 0) is 10.5 Å². The van der Waals surface area contributed by atoms with Crippen LogP contribution in [0.25, 0.3) is 0 Å². The minimum absolute atomic E-state index is 0.0576. The number of amides is 1. The molecule has 25 heavy (non-hydrogen) atoms. The van der Waals surface area contributed by atoms with Crippen molar-refractivity contribution in [2.24, 2.45) is 0 Å². The lowest BCUT2D eigenvalue weighted by Gasteiger charge is -2.27. The lowest BCUT2D eigenvalue weighted by molar-refractivity contribution is 0.0927. The second-order valence-corrected chi connectivity index (χ2v) is 7.98. The molecule has 3 aliphatic rings. The van der Waals surface area contributed by atoms with Gasteiger partial charge in [0.05, 0.1) is 6.61 Å². The lowest BCUT2D eigenvalue weighted by Crippen LogP contribution is -2.41. The average Bonchev–Trinajstić information content (AvgIpc) is 3.44. The van der Waals surface area contributed by atoms with Gasteiger partial charge in [0.25, 0.3) is 5.91 Å². The van der Waals surface area contributed by atoms with Crippen LogP contribution < -0.4 is 10.6 Å². The summed E-state index contributed by atoms with van der Waals surface area (Å²) in [5.74, 6) is 0.0576. The highest BCUT2D eigenvalue weighted by atomic mass is 16.6. The smallest absolute Gasteiger partial charge is 0.251 e. The van der Waals surface area contributed by atoms with E-state index in [9.17, 15) is 4.79 Å². The van der Waals surface area contributed by atoms with Gasteiger partial charge in [0.2, 0.25) is 0 Å². The molecule has 1 unspecified atom stereocenters. The Morgan fingerprint density at radius 2 is 1.60 bits per heavy atom. The molecule has 4 nitrogen and oxygen atoms in total. The molecule has 0 radical (unpaired) electrons. The molecule has 1 aromatic carbocycles. The Morgan fingerprint density at radius 3 is 2.24 bits per heavy atom. The third-order valence-electron chi connectivity index (χ3n) is 6.01. The quantitative estimate of drug-likeness (QED) is 0.799. The van der Waals surface area contributed by atoms with E-state index in [-0.39, 0.29) is 11.6 Å². The molecule has 2 saturated carbocycles. The zero-order valence-electron chi connectivity index (χ0n) is 15.1. The van der Waals surface area contributed by atoms with Gasteiger partial charge in [-0.25, -0.2) is 0 Å². The summed E-state index contributed by atoms with van der Waals surface area (Å²) in [6.07, 6.45) is 12.4. The maximum atomic E-state index is 12.6. The summed E-state index contributed by atoms with van der Waals surface area (Å²) in [5.41, 5.74) is 1.49. The van der Waals surface area contributed by atoms with Gasteiger partial charge in [-0.3, -0.25) is 10.1 Å². The lowest BCUT2D eigenvalue weighted by atomic mass is 9.93. The minimum atomic E-state index is -0.358. The summed E-state index contributed by atoms with van der Waals surface area (Å²) in [6, 6.07) is 8.88. The van der Waals surface area contributed by atoms with Crippen LogP contribution in [0.1, 0.15) is 80.1 Å². The van der Waals surface area contributed by atoms with Crippen LogP contribution in [0.5, 0.6) is 0 Å². The summed E-state index contributed by atoms with van der Waals surface area (Å²) in [5, 5.41) is 6.93. The minimum Gasteiger partial charge on any atom is -0.349 e. The average molecular weight is 342 g/mol. The molecule has 1 heterocycles. The number of epoxide rings is 1. The van der Waals surface area contributed by atoms with Crippen molar-refractivity contribution >= 4 is 5.91 Å². The Bertz CT molecular complexity index is 600. The molecular weight excluding hydrogens is 312 g/mol. The summed E-state index contributed by atoms with van der Waals surface area (Å²) in [4.78, 5) is 12.6. The highest BCUT2D eigenvalue weighted by Gasteiger charge is 2.48. The van der Waals surface area contributed by atoms with Gasteiger partial charge in [-0.2, -0.15) is 0 Å². The second-order valence-electron chi connectivity index (χ2n) is 7.98. The number of ether oxygens (including phenoxy) is 1. The molecule has 1 aromatic rings. The van der Waals surface area contributed by atoms with Crippen LogP contribution in [0.2, 0.25) is 0 Å². The van der Waals surface area contributed by atoms with Crippen LogP contribution in [0, 0.1) is 0 Å². The number of nitrogens with one attached hydrogen (secondary N) is 2. The van der Waals surface area contributed by atoms with Gasteiger partial charge in [-0.05, 0) is 37.8 Å². The standard InChI is InChI=1S/C21H30N2O2/c24-20(22-18-10-3-1-4-11-18)16-8-7-9-17(14-16)21(15-25-21)23-19-12-5-2-6-13-19/h7-9,14,18-19,23H,1-6,10-13,15H2,(H,22,24). The van der Waals surface area contributed by atoms with E-state index in [1.807, 2.05) is 18.2 Å². The van der Waals surface area contributed by atoms with E-state index < -0.39 is 0 Å². The molecule has 2 N–H and O–H groups in total. The molecule has 0 bridgehead atoms. The van der Waals surface area contributed by atoms with Gasteiger partial charge in [-0.15, -0.1) is 0 Å². The number of hydrogen-bond acceptors (Lipinski definition) is 3. The number of hydrogen-bond donors (Lipinski definition) is 2. The highest BCUT2D eigenvalue weighted by molar-refractivity contribution is 5.94. The van der Waals surface area contributed by atoms with Crippen LogP contribution >= 0.6 is 0 Å². The zero-order chi connectivity index (χ0) is 17.1. The Hall–Kier alpha value is -1.39. The van der Waals surface area contributed by atoms with E-state index in [2.05, 4.69) is 16.7 Å². The Kier molecular flexibility index (Phi) is 5.09. The molecule has 4 heteroatoms. The van der Waals surface area contributed by atoms with Crippen molar-refractivity contribution in [1.82, 2.24) is 10.6 Å². The maximum absolute atomic E-state index is 12.6. The van der Waals surface area contributed by atoms with Gasteiger partial charge in [0.1, 0.15) is 0 Å². The Morgan fingerprint density at radius 1 is 0.960 bits per heavy atom. The molecule has 0 aromatic heterocycles. The molecule has 2 aliphatic carbocycles. The molecule has 1 atom stereocenters. The first-order chi connectivity index (χ1) is 12.3. The normalized spacial score (nSPS) is 27.8. The van der Waals surface area contributed by atoms with Gasteiger partial charge in [0, 0.05) is 23.2 Å². The van der Waals surface area contributed by atoms with Crippen molar-refractivity contribution in [2.45, 2.75) is 82.0 Å². The fourth-order valence-corrected chi connectivity index (χ4v) is 4.41. The molecule has 1 amide bonds. The summed E-state index contributed by atoms with van der Waals surface area (Å²) in [6.45, 7) is 0.706. The van der Waals surface area contributed by atoms with Crippen LogP contribution in [0.4, 0.5) is 0 Å². The van der Waals surface area contributed by atoms with E-state index in [4.69, 9.17) is 4.74 Å². The predicted molar refractivity (Wildman–Crippen MR) is 98.4 cm³/mol. The zero-order valence-corrected chi connectivity index (χ0v) is 15.1. The van der Waals surface area contributed by atoms with Crippen molar-refractivity contribution in [1.29, 1.82) is 0 Å². The first-order valence-corrected chi connectivity index (χ1v) is 10.1. The van der Waals surface area contributed by atoms with E-state index in [0.717, 1.165) is 24.0 Å². The van der Waals surface area contributed by atoms with Gasteiger partial charge in [0.15, 0.2) is 5.72 Å². The van der Waals surface area contributed by atoms with Crippen molar-refractivity contribution in [3.63, 3.8) is 0 Å². The SMILES string of the molecule is O=C(NC1CCCCC1)c1cccc(C2(NC3CCCCC3)CO2)c1. The summed E-state index contributed by atoms with van der Waals surface area (Å²) >= 11 is 0. The van der Waals surface area contributed by atoms with E-state index >= 15 is 0 Å². The highest BCUT2D eigenvalue weighted by Crippen LogP contribution is 2.38. The number of carbonyl (C=O) groups is 1. The van der Waals surface area contributed by atoms with Crippen LogP contribution in [0.3, 0.4) is 0 Å². The van der Waals surface area contributed by atoms with E-state index in [0.29, 0.717) is 18.7 Å². The van der Waals surface area contributed by atoms with Gasteiger partial charge >= 0.3 is 0 Å². The van der Waals surface area contributed by atoms with Gasteiger partial charge < -0.3 is 10.1 Å². The topological polar surface area (TPSA) is 53.7 Å². The molecule has 0 spiro atoms. The van der Waals surface area contributed by atoms with Crippen molar-refractivity contribution in [3.05, 3.63) is 35.4 Å². The molecule has 136 valence electrons. The number of rotatable bonds is 5. The first kappa shape index (κ1) is 17.0. The van der Waals surface area contributed by atoms with Gasteiger partial charge in [-0.1, -0.05) is 50.7 Å². The number of carbonyl (C=O) groups excluding carboxylic acids is 1. The third kappa shape index (κ3) is 4.06. The first-order valence-electron chi connectivity index (χ1n) is 10.1. The maximum Gasteiger partial charge on any atom is 0.251 e. The van der Waals surface area contributed by atoms with E-state index in [1.165, 1.54) is 51.4 Å². The third-order valence-corrected chi connectivity index (χ3v) is 6.01. The van der Waals surface area contributed by atoms with E-state index in [1.54, 1.807) is 0 Å². The summed E-state index contributed by atoms with van der Waals surface area (Å²) < 4.78 is 5.83. The molecule has 1 aliphatic heterocycles. The molecule has 3 fully saturated rings. The summed E-state index contributed by atoms with van der Waals surface area (Å²) in [7, 11) is 0. The number of benzene rings is 1. The van der Waals surface area contributed by atoms with Crippen molar-refractivity contribution in [3.8, 4) is 0 Å². The fourth-order valence-electron chi connectivity index (χ4n) is 4.41. The fraction of sp³-hybridized carbons (Fsp3) is 0.667. The predicted octanol–water partition coefficient (Wildman–Crippen LogP) is 3.85. The van der Waals surface area contributed by atoms with Crippen LogP contribution in [0.15, 0.2) is 24.3 Å². The second kappa shape index (κ2) is 7.46. The molecular formula is C21H30N2O2. The Balaban J connectivity index is 1.42. The largest absolute Gasteiger partial charge is 0.349 e. The van der Waals surface area contributed by atoms with Crippen molar-refractivity contribution in [2.75, 3.05) is 6.61 Å². The van der Waals surface area contributed by atoms with Crippen LogP contribution in [-0.4, -0.2) is 24.6 Å². The monoisotopic (exact) mass is 342 g/mol. The van der Waals surface area contributed by atoms with Crippen molar-refractivity contribution < 1.29 is 9.53 Å².